The molecule has 0 aliphatic heterocycles. The van der Waals surface area contributed by atoms with E-state index in [0.29, 0.717) is 17.1 Å². The Balaban J connectivity index is 1.37. The lowest BCUT2D eigenvalue weighted by atomic mass is 10.2. The standard InChI is InChI=1S/C20H17N7O3/c1-13(27-12-22-11-23-27)19(28)24-15-4-6-16(7-5-15)25-20(29)17-9-18(30-26-17)14-3-2-8-21-10-14/h2-13H,1H3,(H,24,28)(H,25,29)/t13-/m0/s1. The van der Waals surface area contributed by atoms with E-state index in [9.17, 15) is 9.59 Å². The van der Waals surface area contributed by atoms with Crippen LogP contribution in [0.15, 0.2) is 72.0 Å². The van der Waals surface area contributed by atoms with E-state index in [1.165, 1.54) is 17.3 Å². The summed E-state index contributed by atoms with van der Waals surface area (Å²) in [5, 5.41) is 13.3. The first-order chi connectivity index (χ1) is 14.6. The molecule has 30 heavy (non-hydrogen) atoms. The SMILES string of the molecule is C[C@@H](C(=O)Nc1ccc(NC(=O)c2cc(-c3cccnc3)on2)cc1)n1cncn1. The van der Waals surface area contributed by atoms with Gasteiger partial charge in [0.15, 0.2) is 11.5 Å². The van der Waals surface area contributed by atoms with Crippen molar-refractivity contribution in [1.82, 2.24) is 24.9 Å². The van der Waals surface area contributed by atoms with Crippen LogP contribution in [-0.2, 0) is 4.79 Å². The van der Waals surface area contributed by atoms with Crippen molar-refractivity contribution >= 4 is 23.2 Å². The van der Waals surface area contributed by atoms with E-state index in [2.05, 4.69) is 30.9 Å². The van der Waals surface area contributed by atoms with E-state index in [4.69, 9.17) is 4.52 Å². The fourth-order valence-corrected chi connectivity index (χ4v) is 2.64. The molecule has 10 nitrogen and oxygen atoms in total. The molecule has 2 N–H and O–H groups in total. The van der Waals surface area contributed by atoms with Crippen molar-refractivity contribution in [2.75, 3.05) is 10.6 Å². The Labute approximate surface area is 170 Å². The van der Waals surface area contributed by atoms with Crippen LogP contribution in [0.2, 0.25) is 0 Å². The largest absolute Gasteiger partial charge is 0.355 e. The molecule has 3 aromatic heterocycles. The minimum absolute atomic E-state index is 0.146. The predicted molar refractivity (Wildman–Crippen MR) is 107 cm³/mol. The van der Waals surface area contributed by atoms with E-state index in [1.54, 1.807) is 55.7 Å². The van der Waals surface area contributed by atoms with Crippen molar-refractivity contribution in [3.05, 3.63) is 73.2 Å². The molecular weight excluding hydrogens is 386 g/mol. The monoisotopic (exact) mass is 403 g/mol. The van der Waals surface area contributed by atoms with Gasteiger partial charge in [0.2, 0.25) is 5.91 Å². The van der Waals surface area contributed by atoms with Gasteiger partial charge in [-0.15, -0.1) is 0 Å². The molecule has 0 bridgehead atoms. The molecule has 0 aliphatic rings. The molecule has 0 aliphatic carbocycles. The van der Waals surface area contributed by atoms with E-state index >= 15 is 0 Å². The lowest BCUT2D eigenvalue weighted by Gasteiger charge is -2.12. The van der Waals surface area contributed by atoms with Gasteiger partial charge >= 0.3 is 0 Å². The van der Waals surface area contributed by atoms with Crippen LogP contribution in [-0.4, -0.2) is 36.7 Å². The van der Waals surface area contributed by atoms with E-state index < -0.39 is 11.9 Å². The molecule has 1 atom stereocenters. The van der Waals surface area contributed by atoms with Gasteiger partial charge in [-0.3, -0.25) is 14.6 Å². The van der Waals surface area contributed by atoms with Gasteiger partial charge in [0.05, 0.1) is 0 Å². The van der Waals surface area contributed by atoms with Crippen LogP contribution in [0.1, 0.15) is 23.5 Å². The lowest BCUT2D eigenvalue weighted by molar-refractivity contribution is -0.119. The Hall–Kier alpha value is -4.34. The van der Waals surface area contributed by atoms with Crippen LogP contribution < -0.4 is 10.6 Å². The zero-order chi connectivity index (χ0) is 20.9. The Morgan fingerprint density at radius 3 is 2.50 bits per heavy atom. The van der Waals surface area contributed by atoms with E-state index in [-0.39, 0.29) is 11.6 Å². The normalized spacial score (nSPS) is 11.6. The van der Waals surface area contributed by atoms with Gasteiger partial charge in [0.1, 0.15) is 18.7 Å². The highest BCUT2D eigenvalue weighted by Gasteiger charge is 2.16. The van der Waals surface area contributed by atoms with E-state index in [0.717, 1.165) is 5.56 Å². The summed E-state index contributed by atoms with van der Waals surface area (Å²) < 4.78 is 6.68. The van der Waals surface area contributed by atoms with Crippen molar-refractivity contribution in [3.8, 4) is 11.3 Å². The number of anilines is 2. The van der Waals surface area contributed by atoms with Crippen LogP contribution >= 0.6 is 0 Å². The zero-order valence-corrected chi connectivity index (χ0v) is 15.9. The first-order valence-electron chi connectivity index (χ1n) is 9.03. The molecule has 0 saturated carbocycles. The van der Waals surface area contributed by atoms with Crippen LogP contribution in [0.3, 0.4) is 0 Å². The fraction of sp³-hybridized carbons (Fsp3) is 0.100. The molecule has 0 fully saturated rings. The summed E-state index contributed by atoms with van der Waals surface area (Å²) >= 11 is 0. The Morgan fingerprint density at radius 2 is 1.83 bits per heavy atom. The van der Waals surface area contributed by atoms with Crippen molar-refractivity contribution in [2.45, 2.75) is 13.0 Å². The number of rotatable bonds is 6. The number of nitrogens with one attached hydrogen (secondary N) is 2. The maximum atomic E-state index is 12.4. The van der Waals surface area contributed by atoms with Gasteiger partial charge < -0.3 is 15.2 Å². The van der Waals surface area contributed by atoms with E-state index in [1.807, 2.05) is 6.07 Å². The third kappa shape index (κ3) is 4.22. The highest BCUT2D eigenvalue weighted by Crippen LogP contribution is 2.20. The second kappa shape index (κ2) is 8.35. The molecule has 0 spiro atoms. The average molecular weight is 403 g/mol. The minimum atomic E-state index is -0.506. The molecular formula is C20H17N7O3. The van der Waals surface area contributed by atoms with Crippen LogP contribution in [0, 0.1) is 0 Å². The summed E-state index contributed by atoms with van der Waals surface area (Å²) in [6.07, 6.45) is 6.12. The van der Waals surface area contributed by atoms with Crippen molar-refractivity contribution in [2.24, 2.45) is 0 Å². The zero-order valence-electron chi connectivity index (χ0n) is 15.9. The van der Waals surface area contributed by atoms with Gasteiger partial charge in [0.25, 0.3) is 5.91 Å². The molecule has 3 heterocycles. The fourth-order valence-electron chi connectivity index (χ4n) is 2.64. The molecule has 1 aromatic carbocycles. The number of pyridine rings is 1. The third-order valence-corrected chi connectivity index (χ3v) is 4.31. The number of carbonyl (C=O) groups excluding carboxylic acids is 2. The van der Waals surface area contributed by atoms with Gasteiger partial charge in [-0.1, -0.05) is 5.16 Å². The Kier molecular flexibility index (Phi) is 5.29. The van der Waals surface area contributed by atoms with Gasteiger partial charge in [-0.05, 0) is 43.3 Å². The second-order valence-corrected chi connectivity index (χ2v) is 6.39. The number of aromatic nitrogens is 5. The quantitative estimate of drug-likeness (QED) is 0.506. The number of carbonyl (C=O) groups is 2. The molecule has 10 heteroatoms. The number of nitrogens with zero attached hydrogens (tertiary/aromatic N) is 5. The van der Waals surface area contributed by atoms with Gasteiger partial charge in [0, 0.05) is 35.4 Å². The van der Waals surface area contributed by atoms with Crippen LogP contribution in [0.5, 0.6) is 0 Å². The maximum absolute atomic E-state index is 12.4. The molecule has 4 rings (SSSR count). The summed E-state index contributed by atoms with van der Waals surface area (Å²) in [6.45, 7) is 1.72. The van der Waals surface area contributed by atoms with Crippen LogP contribution in [0.4, 0.5) is 11.4 Å². The third-order valence-electron chi connectivity index (χ3n) is 4.31. The predicted octanol–water partition coefficient (Wildman–Crippen LogP) is 2.78. The first-order valence-corrected chi connectivity index (χ1v) is 9.03. The highest BCUT2D eigenvalue weighted by molar-refractivity contribution is 6.03. The first kappa shape index (κ1) is 19.0. The summed E-state index contributed by atoms with van der Waals surface area (Å²) in [4.78, 5) is 32.5. The summed E-state index contributed by atoms with van der Waals surface area (Å²) in [5.74, 6) is -0.193. The smallest absolute Gasteiger partial charge is 0.277 e. The Bertz CT molecular complexity index is 1140. The lowest BCUT2D eigenvalue weighted by Crippen LogP contribution is -2.24. The van der Waals surface area contributed by atoms with Gasteiger partial charge in [-0.2, -0.15) is 5.10 Å². The second-order valence-electron chi connectivity index (χ2n) is 6.39. The molecule has 4 aromatic rings. The van der Waals surface area contributed by atoms with Crippen molar-refractivity contribution < 1.29 is 14.1 Å². The number of amides is 2. The molecule has 2 amide bonds. The summed E-state index contributed by atoms with van der Waals surface area (Å²) in [6, 6.07) is 11.3. The summed E-state index contributed by atoms with van der Waals surface area (Å²) in [5.41, 5.74) is 2.01. The van der Waals surface area contributed by atoms with Crippen molar-refractivity contribution in [3.63, 3.8) is 0 Å². The van der Waals surface area contributed by atoms with Crippen molar-refractivity contribution in [1.29, 1.82) is 0 Å². The van der Waals surface area contributed by atoms with Crippen LogP contribution in [0.25, 0.3) is 11.3 Å². The molecule has 0 unspecified atom stereocenters. The Morgan fingerprint density at radius 1 is 1.07 bits per heavy atom. The summed E-state index contributed by atoms with van der Waals surface area (Å²) in [7, 11) is 0. The minimum Gasteiger partial charge on any atom is -0.355 e. The number of benzene rings is 1. The number of hydrogen-bond acceptors (Lipinski definition) is 7. The molecule has 150 valence electrons. The topological polar surface area (TPSA) is 128 Å². The average Bonchev–Trinajstić information content (AvgIpc) is 3.48. The molecule has 0 saturated heterocycles. The maximum Gasteiger partial charge on any atom is 0.277 e. The highest BCUT2D eigenvalue weighted by atomic mass is 16.5. The number of hydrogen-bond donors (Lipinski definition) is 2. The molecule has 0 radical (unpaired) electrons. The van der Waals surface area contributed by atoms with Gasteiger partial charge in [-0.25, -0.2) is 9.67 Å².